The zero-order chi connectivity index (χ0) is 15.9. The third kappa shape index (κ3) is 2.39. The Labute approximate surface area is 127 Å². The van der Waals surface area contributed by atoms with Crippen LogP contribution >= 0.6 is 0 Å². The second-order valence-electron chi connectivity index (χ2n) is 4.92. The monoisotopic (exact) mass is 315 g/mol. The molecule has 0 aliphatic heterocycles. The molecule has 0 aliphatic carbocycles. The third-order valence-corrected chi connectivity index (χ3v) is 4.54. The van der Waals surface area contributed by atoms with Gasteiger partial charge in [-0.2, -0.15) is 0 Å². The Bertz CT molecular complexity index is 999. The predicted octanol–water partition coefficient (Wildman–Crippen LogP) is 1.81. The van der Waals surface area contributed by atoms with Gasteiger partial charge in [0.1, 0.15) is 5.52 Å². The van der Waals surface area contributed by atoms with Gasteiger partial charge in [-0.15, -0.1) is 0 Å². The molecule has 0 bridgehead atoms. The van der Waals surface area contributed by atoms with Crippen LogP contribution in [0.2, 0.25) is 0 Å². The summed E-state index contributed by atoms with van der Waals surface area (Å²) >= 11 is 0. The number of amides is 1. The molecule has 3 rings (SSSR count). The van der Waals surface area contributed by atoms with Gasteiger partial charge in [-0.3, -0.25) is 4.79 Å². The normalized spacial score (nSPS) is 11.7. The van der Waals surface area contributed by atoms with E-state index in [4.69, 9.17) is 0 Å². The second-order valence-corrected chi connectivity index (χ2v) is 6.94. The first kappa shape index (κ1) is 14.4. The maximum absolute atomic E-state index is 12.4. The fraction of sp³-hybridized carbons (Fsp3) is 0.133. The van der Waals surface area contributed by atoms with Crippen molar-refractivity contribution >= 4 is 38.0 Å². The number of aromatic nitrogens is 2. The molecule has 7 heteroatoms. The summed E-state index contributed by atoms with van der Waals surface area (Å²) < 4.78 is 23.8. The highest BCUT2D eigenvalue weighted by molar-refractivity contribution is 7.88. The largest absolute Gasteiger partial charge is 0.269 e. The van der Waals surface area contributed by atoms with Crippen molar-refractivity contribution in [2.24, 2.45) is 0 Å². The topological polar surface area (TPSA) is 80.2 Å². The Morgan fingerprint density at radius 1 is 0.955 bits per heavy atom. The molecule has 0 radical (unpaired) electrons. The van der Waals surface area contributed by atoms with Crippen LogP contribution in [0.5, 0.6) is 0 Å². The molecule has 0 atom stereocenters. The molecule has 0 N–H and O–H groups in total. The van der Waals surface area contributed by atoms with E-state index in [-0.39, 0.29) is 5.56 Å². The van der Waals surface area contributed by atoms with Gasteiger partial charge >= 0.3 is 0 Å². The molecule has 1 amide bonds. The molecule has 1 heterocycles. The quantitative estimate of drug-likeness (QED) is 0.674. The van der Waals surface area contributed by atoms with Crippen molar-refractivity contribution in [3.8, 4) is 0 Å². The van der Waals surface area contributed by atoms with Crippen LogP contribution in [0.3, 0.4) is 0 Å². The Balaban J connectivity index is 2.26. The van der Waals surface area contributed by atoms with Crippen molar-refractivity contribution in [2.45, 2.75) is 0 Å². The number of para-hydroxylation sites is 3. The van der Waals surface area contributed by atoms with Gasteiger partial charge < -0.3 is 0 Å². The van der Waals surface area contributed by atoms with Gasteiger partial charge in [-0.1, -0.05) is 18.2 Å². The molecule has 0 aliphatic rings. The summed E-state index contributed by atoms with van der Waals surface area (Å²) in [5.41, 5.74) is 2.52. The molecule has 1 aromatic heterocycles. The van der Waals surface area contributed by atoms with Crippen LogP contribution in [0.4, 0.5) is 0 Å². The fourth-order valence-corrected chi connectivity index (χ4v) is 2.53. The molecule has 0 unspecified atom stereocenters. The van der Waals surface area contributed by atoms with E-state index in [0.29, 0.717) is 20.9 Å². The van der Waals surface area contributed by atoms with Gasteiger partial charge in [0.05, 0.1) is 28.4 Å². The molecule has 22 heavy (non-hydrogen) atoms. The molecule has 0 saturated carbocycles. The van der Waals surface area contributed by atoms with E-state index in [1.54, 1.807) is 24.3 Å². The molecule has 112 valence electrons. The Hall–Kier alpha value is -2.54. The number of hydrogen-bond donors (Lipinski definition) is 0. The van der Waals surface area contributed by atoms with Crippen molar-refractivity contribution in [1.82, 2.24) is 14.3 Å². The van der Waals surface area contributed by atoms with E-state index in [9.17, 15) is 13.2 Å². The maximum atomic E-state index is 12.4. The first-order valence-electron chi connectivity index (χ1n) is 6.51. The van der Waals surface area contributed by atoms with Gasteiger partial charge in [0.2, 0.25) is 10.0 Å². The Kier molecular flexibility index (Phi) is 3.29. The zero-order valence-electron chi connectivity index (χ0n) is 12.0. The third-order valence-electron chi connectivity index (χ3n) is 3.38. The summed E-state index contributed by atoms with van der Waals surface area (Å²) in [6.45, 7) is 0. The van der Waals surface area contributed by atoms with Crippen LogP contribution in [0.25, 0.3) is 22.1 Å². The molecular formula is C15H13N3O3S. The van der Waals surface area contributed by atoms with Gasteiger partial charge in [-0.05, 0) is 24.3 Å². The van der Waals surface area contributed by atoms with Crippen LogP contribution < -0.4 is 0 Å². The molecule has 0 saturated heterocycles. The Morgan fingerprint density at radius 3 is 2.18 bits per heavy atom. The molecular weight excluding hydrogens is 302 g/mol. The van der Waals surface area contributed by atoms with Gasteiger partial charge in [-0.25, -0.2) is 22.7 Å². The smallest absolute Gasteiger partial charge is 0.268 e. The zero-order valence-corrected chi connectivity index (χ0v) is 12.8. The van der Waals surface area contributed by atoms with Crippen molar-refractivity contribution in [3.63, 3.8) is 0 Å². The van der Waals surface area contributed by atoms with Crippen molar-refractivity contribution in [3.05, 3.63) is 48.0 Å². The average Bonchev–Trinajstić information content (AvgIpc) is 2.50. The van der Waals surface area contributed by atoms with Crippen LogP contribution in [0.1, 0.15) is 10.4 Å². The predicted molar refractivity (Wildman–Crippen MR) is 84.0 cm³/mol. The summed E-state index contributed by atoms with van der Waals surface area (Å²) in [6, 6.07) is 12.3. The lowest BCUT2D eigenvalue weighted by Gasteiger charge is -2.15. The van der Waals surface area contributed by atoms with Crippen molar-refractivity contribution in [1.29, 1.82) is 0 Å². The summed E-state index contributed by atoms with van der Waals surface area (Å²) in [5, 5.41) is 0. The van der Waals surface area contributed by atoms with Crippen LogP contribution in [0.15, 0.2) is 42.5 Å². The number of rotatable bonds is 2. The molecule has 0 fully saturated rings. The van der Waals surface area contributed by atoms with Crippen molar-refractivity contribution < 1.29 is 13.2 Å². The van der Waals surface area contributed by atoms with E-state index < -0.39 is 15.9 Å². The number of nitrogens with zero attached hydrogens (tertiary/aromatic N) is 3. The molecule has 0 spiro atoms. The molecule has 2 aromatic carbocycles. The van der Waals surface area contributed by atoms with Crippen LogP contribution in [-0.4, -0.2) is 41.9 Å². The van der Waals surface area contributed by atoms with E-state index >= 15 is 0 Å². The molecule has 6 nitrogen and oxygen atoms in total. The molecule has 3 aromatic rings. The van der Waals surface area contributed by atoms with Gasteiger partial charge in [0.25, 0.3) is 5.91 Å². The Morgan fingerprint density at radius 2 is 1.55 bits per heavy atom. The number of carbonyl (C=O) groups excluding carboxylic acids is 1. The highest BCUT2D eigenvalue weighted by atomic mass is 32.2. The number of fused-ring (bicyclic) bond motifs is 2. The average molecular weight is 315 g/mol. The minimum atomic E-state index is -3.63. The first-order valence-corrected chi connectivity index (χ1v) is 8.36. The number of sulfonamides is 1. The second kappa shape index (κ2) is 5.03. The lowest BCUT2D eigenvalue weighted by molar-refractivity contribution is 0.0885. The summed E-state index contributed by atoms with van der Waals surface area (Å²) in [4.78, 5) is 21.3. The number of hydrogen-bond acceptors (Lipinski definition) is 5. The van der Waals surface area contributed by atoms with E-state index in [1.165, 1.54) is 7.05 Å². The lowest BCUT2D eigenvalue weighted by Crippen LogP contribution is -2.32. The fourth-order valence-electron chi connectivity index (χ4n) is 2.14. The summed E-state index contributed by atoms with van der Waals surface area (Å²) in [7, 11) is -2.40. The summed E-state index contributed by atoms with van der Waals surface area (Å²) in [6.07, 6.45) is 0.983. The van der Waals surface area contributed by atoms with Gasteiger partial charge in [0.15, 0.2) is 0 Å². The minimum absolute atomic E-state index is 0.212. The standard InChI is InChI=1S/C15H13N3O3S/c1-18(22(2,20)21)15(19)10-6-5-9-13-14(10)17-12-8-4-3-7-11(12)16-13/h3-9H,1-2H3. The van der Waals surface area contributed by atoms with Crippen molar-refractivity contribution in [2.75, 3.05) is 13.3 Å². The highest BCUT2D eigenvalue weighted by Gasteiger charge is 2.22. The van der Waals surface area contributed by atoms with E-state index in [2.05, 4.69) is 9.97 Å². The SMILES string of the molecule is CN(C(=O)c1cccc2nc3ccccc3nc12)S(C)(=O)=O. The first-order chi connectivity index (χ1) is 10.4. The van der Waals surface area contributed by atoms with E-state index in [0.717, 1.165) is 11.8 Å². The van der Waals surface area contributed by atoms with Gasteiger partial charge in [0, 0.05) is 7.05 Å². The highest BCUT2D eigenvalue weighted by Crippen LogP contribution is 2.20. The number of benzene rings is 2. The minimum Gasteiger partial charge on any atom is -0.268 e. The van der Waals surface area contributed by atoms with Crippen LogP contribution in [0, 0.1) is 0 Å². The number of carbonyl (C=O) groups is 1. The van der Waals surface area contributed by atoms with E-state index in [1.807, 2.05) is 18.2 Å². The van der Waals surface area contributed by atoms with Crippen LogP contribution in [-0.2, 0) is 10.0 Å². The maximum Gasteiger partial charge on any atom is 0.269 e. The lowest BCUT2D eigenvalue weighted by atomic mass is 10.1. The summed E-state index contributed by atoms with van der Waals surface area (Å²) in [5.74, 6) is -0.627.